The molecule has 1 aliphatic carbocycles. The first kappa shape index (κ1) is 10.0. The molecule has 1 fully saturated rings. The molecule has 0 unspecified atom stereocenters. The number of halogens is 1. The molecule has 0 bridgehead atoms. The van der Waals surface area contributed by atoms with Gasteiger partial charge in [0.25, 0.3) is 0 Å². The highest BCUT2D eigenvalue weighted by atomic mass is 35.5. The van der Waals surface area contributed by atoms with Gasteiger partial charge in [0.05, 0.1) is 0 Å². The van der Waals surface area contributed by atoms with Crippen LogP contribution in [0.4, 0.5) is 0 Å². The van der Waals surface area contributed by atoms with Gasteiger partial charge in [-0.15, -0.1) is 0 Å². The minimum absolute atomic E-state index is 0.766. The SMILES string of the molecule is Cc1ccc(Cl)cc1C1CCCCC1. The summed E-state index contributed by atoms with van der Waals surface area (Å²) in [5, 5.41) is 0.885. The van der Waals surface area contributed by atoms with Crippen LogP contribution in [-0.4, -0.2) is 0 Å². The van der Waals surface area contributed by atoms with Crippen molar-refractivity contribution in [2.24, 2.45) is 0 Å². The van der Waals surface area contributed by atoms with Gasteiger partial charge in [0.15, 0.2) is 0 Å². The van der Waals surface area contributed by atoms with E-state index in [9.17, 15) is 0 Å². The van der Waals surface area contributed by atoms with Crippen LogP contribution in [0.2, 0.25) is 5.02 Å². The van der Waals surface area contributed by atoms with Gasteiger partial charge in [-0.3, -0.25) is 0 Å². The third-order valence-electron chi connectivity index (χ3n) is 3.29. The Labute approximate surface area is 91.3 Å². The molecule has 0 nitrogen and oxygen atoms in total. The maximum atomic E-state index is 6.04. The van der Waals surface area contributed by atoms with E-state index >= 15 is 0 Å². The summed E-state index contributed by atoms with van der Waals surface area (Å²) >= 11 is 6.04. The molecule has 0 aliphatic heterocycles. The van der Waals surface area contributed by atoms with E-state index < -0.39 is 0 Å². The fourth-order valence-corrected chi connectivity index (χ4v) is 2.65. The number of aryl methyl sites for hydroxylation is 1. The molecular weight excluding hydrogens is 192 g/mol. The third kappa shape index (κ3) is 2.12. The Bertz CT molecular complexity index is 311. The van der Waals surface area contributed by atoms with Crippen molar-refractivity contribution < 1.29 is 0 Å². The van der Waals surface area contributed by atoms with E-state index in [0.29, 0.717) is 0 Å². The van der Waals surface area contributed by atoms with E-state index in [4.69, 9.17) is 11.6 Å². The van der Waals surface area contributed by atoms with Gasteiger partial charge < -0.3 is 0 Å². The average Bonchev–Trinajstić information content (AvgIpc) is 2.23. The van der Waals surface area contributed by atoms with Gasteiger partial charge in [0, 0.05) is 5.02 Å². The maximum absolute atomic E-state index is 6.04. The molecule has 0 N–H and O–H groups in total. The summed E-state index contributed by atoms with van der Waals surface area (Å²) in [6.07, 6.45) is 6.88. The molecule has 76 valence electrons. The number of hydrogen-bond acceptors (Lipinski definition) is 0. The lowest BCUT2D eigenvalue weighted by molar-refractivity contribution is 0.442. The van der Waals surface area contributed by atoms with Crippen molar-refractivity contribution in [3.8, 4) is 0 Å². The zero-order valence-corrected chi connectivity index (χ0v) is 9.48. The third-order valence-corrected chi connectivity index (χ3v) is 3.52. The molecule has 0 atom stereocenters. The van der Waals surface area contributed by atoms with Gasteiger partial charge >= 0.3 is 0 Å². The molecule has 1 aromatic carbocycles. The van der Waals surface area contributed by atoms with E-state index in [-0.39, 0.29) is 0 Å². The van der Waals surface area contributed by atoms with Crippen molar-refractivity contribution in [3.05, 3.63) is 34.3 Å². The second kappa shape index (κ2) is 4.35. The zero-order valence-electron chi connectivity index (χ0n) is 8.72. The van der Waals surface area contributed by atoms with E-state index in [1.807, 2.05) is 6.07 Å². The molecule has 0 saturated heterocycles. The predicted octanol–water partition coefficient (Wildman–Crippen LogP) is 4.70. The Balaban J connectivity index is 2.24. The Morgan fingerprint density at radius 1 is 1.14 bits per heavy atom. The molecule has 1 aliphatic rings. The summed E-state index contributed by atoms with van der Waals surface area (Å²) in [6, 6.07) is 6.29. The fraction of sp³-hybridized carbons (Fsp3) is 0.538. The molecule has 1 heteroatoms. The number of hydrogen-bond donors (Lipinski definition) is 0. The first-order chi connectivity index (χ1) is 6.77. The van der Waals surface area contributed by atoms with E-state index in [2.05, 4.69) is 19.1 Å². The van der Waals surface area contributed by atoms with Gasteiger partial charge in [-0.25, -0.2) is 0 Å². The highest BCUT2D eigenvalue weighted by Gasteiger charge is 2.17. The zero-order chi connectivity index (χ0) is 9.97. The van der Waals surface area contributed by atoms with Gasteiger partial charge in [-0.1, -0.05) is 36.9 Å². The van der Waals surface area contributed by atoms with Gasteiger partial charge in [0.2, 0.25) is 0 Å². The predicted molar refractivity (Wildman–Crippen MR) is 62.0 cm³/mol. The van der Waals surface area contributed by atoms with Crippen LogP contribution in [0, 0.1) is 6.92 Å². The Hall–Kier alpha value is -0.490. The number of benzene rings is 1. The first-order valence-corrected chi connectivity index (χ1v) is 5.91. The van der Waals surface area contributed by atoms with E-state index in [1.165, 1.54) is 43.2 Å². The normalized spacial score (nSPS) is 18.4. The van der Waals surface area contributed by atoms with Crippen LogP contribution < -0.4 is 0 Å². The second-order valence-corrected chi connectivity index (χ2v) is 4.77. The minimum Gasteiger partial charge on any atom is -0.0843 e. The summed E-state index contributed by atoms with van der Waals surface area (Å²) in [5.74, 6) is 0.766. The summed E-state index contributed by atoms with van der Waals surface area (Å²) in [7, 11) is 0. The topological polar surface area (TPSA) is 0 Å². The van der Waals surface area contributed by atoms with Crippen molar-refractivity contribution in [2.75, 3.05) is 0 Å². The first-order valence-electron chi connectivity index (χ1n) is 5.53. The monoisotopic (exact) mass is 208 g/mol. The highest BCUT2D eigenvalue weighted by Crippen LogP contribution is 2.35. The van der Waals surface area contributed by atoms with Crippen molar-refractivity contribution >= 4 is 11.6 Å². The van der Waals surface area contributed by atoms with Crippen LogP contribution >= 0.6 is 11.6 Å². The fourth-order valence-electron chi connectivity index (χ4n) is 2.46. The standard InChI is InChI=1S/C13H17Cl/c1-10-7-8-12(14)9-13(10)11-5-3-2-4-6-11/h7-9,11H,2-6H2,1H3. The molecule has 0 spiro atoms. The van der Waals surface area contributed by atoms with Crippen LogP contribution in [0.25, 0.3) is 0 Å². The molecular formula is C13H17Cl. The lowest BCUT2D eigenvalue weighted by atomic mass is 9.82. The molecule has 2 rings (SSSR count). The lowest BCUT2D eigenvalue weighted by Gasteiger charge is -2.23. The van der Waals surface area contributed by atoms with Crippen LogP contribution in [-0.2, 0) is 0 Å². The number of rotatable bonds is 1. The smallest absolute Gasteiger partial charge is 0.0409 e. The molecule has 14 heavy (non-hydrogen) atoms. The summed E-state index contributed by atoms with van der Waals surface area (Å²) in [4.78, 5) is 0. The van der Waals surface area contributed by atoms with Crippen molar-refractivity contribution in [1.82, 2.24) is 0 Å². The molecule has 0 amide bonds. The summed E-state index contributed by atoms with van der Waals surface area (Å²) in [5.41, 5.74) is 2.89. The molecule has 1 aromatic rings. The van der Waals surface area contributed by atoms with Crippen LogP contribution in [0.1, 0.15) is 49.1 Å². The van der Waals surface area contributed by atoms with Crippen LogP contribution in [0.3, 0.4) is 0 Å². The highest BCUT2D eigenvalue weighted by molar-refractivity contribution is 6.30. The second-order valence-electron chi connectivity index (χ2n) is 4.34. The largest absolute Gasteiger partial charge is 0.0843 e. The van der Waals surface area contributed by atoms with E-state index in [0.717, 1.165) is 10.9 Å². The minimum atomic E-state index is 0.766. The summed E-state index contributed by atoms with van der Waals surface area (Å²) in [6.45, 7) is 2.19. The quantitative estimate of drug-likeness (QED) is 0.628. The Morgan fingerprint density at radius 3 is 2.57 bits per heavy atom. The molecule has 0 aromatic heterocycles. The van der Waals surface area contributed by atoms with Crippen molar-refractivity contribution in [2.45, 2.75) is 44.9 Å². The average molecular weight is 209 g/mol. The Kier molecular flexibility index (Phi) is 3.12. The summed E-state index contributed by atoms with van der Waals surface area (Å²) < 4.78 is 0. The molecule has 1 saturated carbocycles. The van der Waals surface area contributed by atoms with E-state index in [1.54, 1.807) is 0 Å². The van der Waals surface area contributed by atoms with Crippen molar-refractivity contribution in [1.29, 1.82) is 0 Å². The van der Waals surface area contributed by atoms with Crippen molar-refractivity contribution in [3.63, 3.8) is 0 Å². The maximum Gasteiger partial charge on any atom is 0.0409 e. The van der Waals surface area contributed by atoms with Crippen LogP contribution in [0.15, 0.2) is 18.2 Å². The van der Waals surface area contributed by atoms with Crippen LogP contribution in [0.5, 0.6) is 0 Å². The molecule has 0 radical (unpaired) electrons. The lowest BCUT2D eigenvalue weighted by Crippen LogP contribution is -2.05. The van der Waals surface area contributed by atoms with Gasteiger partial charge in [-0.05, 0) is 48.9 Å². The Morgan fingerprint density at radius 2 is 1.86 bits per heavy atom. The van der Waals surface area contributed by atoms with Gasteiger partial charge in [0.1, 0.15) is 0 Å². The van der Waals surface area contributed by atoms with Gasteiger partial charge in [-0.2, -0.15) is 0 Å². The molecule has 0 heterocycles.